The molecule has 1 amide bonds. The van der Waals surface area contributed by atoms with Crippen molar-refractivity contribution in [1.82, 2.24) is 15.0 Å². The summed E-state index contributed by atoms with van der Waals surface area (Å²) >= 11 is 1.49. The number of carbonyl (C=O) groups is 1. The molecule has 9 nitrogen and oxygen atoms in total. The van der Waals surface area contributed by atoms with Crippen molar-refractivity contribution in [3.05, 3.63) is 37.0 Å². The average molecular weight is 441 g/mol. The van der Waals surface area contributed by atoms with E-state index in [2.05, 4.69) is 25.1 Å². The summed E-state index contributed by atoms with van der Waals surface area (Å²) in [6.07, 6.45) is 6.50. The molecule has 0 radical (unpaired) electrons. The zero-order valence-corrected chi connectivity index (χ0v) is 17.9. The van der Waals surface area contributed by atoms with Crippen LogP contribution in [0.5, 0.6) is 0 Å². The van der Waals surface area contributed by atoms with Crippen LogP contribution in [-0.4, -0.2) is 60.3 Å². The molecule has 0 unspecified atom stereocenters. The third kappa shape index (κ3) is 4.40. The topological polar surface area (TPSA) is 96.6 Å². The first-order valence-electron chi connectivity index (χ1n) is 10.5. The number of thiazole rings is 1. The maximum absolute atomic E-state index is 12.9. The van der Waals surface area contributed by atoms with Crippen molar-refractivity contribution in [2.75, 3.05) is 54.5 Å². The molecule has 2 aliphatic rings. The molecule has 5 heterocycles. The highest BCUT2D eigenvalue weighted by Gasteiger charge is 2.28. The van der Waals surface area contributed by atoms with Gasteiger partial charge in [0.2, 0.25) is 5.91 Å². The van der Waals surface area contributed by atoms with E-state index in [0.717, 1.165) is 55.5 Å². The number of furan rings is 1. The van der Waals surface area contributed by atoms with Gasteiger partial charge in [-0.2, -0.15) is 0 Å². The highest BCUT2D eigenvalue weighted by atomic mass is 32.1. The smallest absolute Gasteiger partial charge is 0.229 e. The predicted octanol–water partition coefficient (Wildman–Crippen LogP) is 2.88. The fourth-order valence-electron chi connectivity index (χ4n) is 3.97. The lowest BCUT2D eigenvalue weighted by Gasteiger charge is -2.31. The number of piperidine rings is 1. The Morgan fingerprint density at radius 2 is 1.97 bits per heavy atom. The Kier molecular flexibility index (Phi) is 5.81. The Labute approximate surface area is 184 Å². The van der Waals surface area contributed by atoms with Gasteiger partial charge in [0.15, 0.2) is 10.9 Å². The molecule has 0 atom stereocenters. The molecule has 10 heteroatoms. The third-order valence-corrected chi connectivity index (χ3v) is 6.68. The van der Waals surface area contributed by atoms with Crippen molar-refractivity contribution in [3.63, 3.8) is 0 Å². The Balaban J connectivity index is 1.27. The minimum Gasteiger partial charge on any atom is -0.463 e. The number of morpholine rings is 1. The summed E-state index contributed by atoms with van der Waals surface area (Å²) < 4.78 is 11.1. The van der Waals surface area contributed by atoms with E-state index in [9.17, 15) is 4.79 Å². The molecule has 3 aromatic heterocycles. The van der Waals surface area contributed by atoms with Gasteiger partial charge in [-0.15, -0.1) is 0 Å². The van der Waals surface area contributed by atoms with E-state index >= 15 is 0 Å². The van der Waals surface area contributed by atoms with Gasteiger partial charge in [0.05, 0.1) is 19.5 Å². The largest absolute Gasteiger partial charge is 0.463 e. The molecule has 162 valence electrons. The van der Waals surface area contributed by atoms with Gasteiger partial charge in [-0.1, -0.05) is 11.3 Å². The van der Waals surface area contributed by atoms with Gasteiger partial charge < -0.3 is 24.3 Å². The van der Waals surface area contributed by atoms with Crippen molar-refractivity contribution < 1.29 is 13.9 Å². The zero-order chi connectivity index (χ0) is 21.0. The van der Waals surface area contributed by atoms with Crippen LogP contribution in [0.3, 0.4) is 0 Å². The zero-order valence-electron chi connectivity index (χ0n) is 17.1. The summed E-state index contributed by atoms with van der Waals surface area (Å²) in [4.78, 5) is 30.4. The minimum absolute atomic E-state index is 0.0237. The Bertz CT molecular complexity index is 996. The molecule has 0 aliphatic carbocycles. The Morgan fingerprint density at radius 1 is 1.13 bits per heavy atom. The fourth-order valence-corrected chi connectivity index (χ4v) is 5.00. The number of ether oxygens (including phenoxy) is 1. The second-order valence-electron chi connectivity index (χ2n) is 7.57. The van der Waals surface area contributed by atoms with Gasteiger partial charge >= 0.3 is 0 Å². The molecule has 1 N–H and O–H groups in total. The molecule has 2 saturated heterocycles. The van der Waals surface area contributed by atoms with Gasteiger partial charge in [0.1, 0.15) is 22.8 Å². The summed E-state index contributed by atoms with van der Waals surface area (Å²) in [6, 6.07) is 5.65. The van der Waals surface area contributed by atoms with Crippen LogP contribution in [0, 0.1) is 5.92 Å². The van der Waals surface area contributed by atoms with Crippen molar-refractivity contribution in [1.29, 1.82) is 0 Å². The van der Waals surface area contributed by atoms with E-state index in [4.69, 9.17) is 14.1 Å². The van der Waals surface area contributed by atoms with Crippen LogP contribution in [0.4, 0.5) is 16.0 Å². The van der Waals surface area contributed by atoms with E-state index in [1.54, 1.807) is 18.8 Å². The van der Waals surface area contributed by atoms with Crippen LogP contribution >= 0.6 is 11.3 Å². The fraction of sp³-hybridized carbons (Fsp3) is 0.429. The highest BCUT2D eigenvalue weighted by Crippen LogP contribution is 2.39. The van der Waals surface area contributed by atoms with Crippen molar-refractivity contribution in [2.24, 2.45) is 5.92 Å². The summed E-state index contributed by atoms with van der Waals surface area (Å²) in [5.74, 6) is 1.60. The summed E-state index contributed by atoms with van der Waals surface area (Å²) in [7, 11) is 0. The maximum atomic E-state index is 12.9. The predicted molar refractivity (Wildman–Crippen MR) is 118 cm³/mol. The molecular weight excluding hydrogens is 416 g/mol. The lowest BCUT2D eigenvalue weighted by molar-refractivity contribution is -0.120. The lowest BCUT2D eigenvalue weighted by Crippen LogP contribution is -2.38. The molecule has 2 aliphatic heterocycles. The Hall–Kier alpha value is -2.98. The van der Waals surface area contributed by atoms with E-state index in [1.807, 2.05) is 18.2 Å². The molecule has 0 spiro atoms. The first-order chi connectivity index (χ1) is 15.3. The lowest BCUT2D eigenvalue weighted by atomic mass is 9.96. The number of carbonyl (C=O) groups excluding carboxylic acids is 1. The van der Waals surface area contributed by atoms with Gasteiger partial charge in [0, 0.05) is 38.3 Å². The quantitative estimate of drug-likeness (QED) is 0.647. The van der Waals surface area contributed by atoms with Crippen molar-refractivity contribution in [2.45, 2.75) is 12.8 Å². The average Bonchev–Trinajstić information content (AvgIpc) is 3.50. The standard InChI is InChI=1S/C21H24N6O3S/c28-19(15-4-7-26(8-5-15)17-3-6-22-14-23-17)25-21-24-18(16-2-1-11-30-16)20(31-21)27-9-12-29-13-10-27/h1-3,6,11,14-15H,4-5,7-10,12-13H2,(H,24,25,28). The van der Waals surface area contributed by atoms with Gasteiger partial charge in [-0.05, 0) is 31.0 Å². The number of rotatable bonds is 5. The number of nitrogens with one attached hydrogen (secondary N) is 1. The summed E-state index contributed by atoms with van der Waals surface area (Å²) in [6.45, 7) is 4.55. The normalized spacial score (nSPS) is 17.7. The molecule has 0 bridgehead atoms. The number of anilines is 3. The van der Waals surface area contributed by atoms with E-state index in [-0.39, 0.29) is 11.8 Å². The summed E-state index contributed by atoms with van der Waals surface area (Å²) in [5.41, 5.74) is 0.769. The summed E-state index contributed by atoms with van der Waals surface area (Å²) in [5, 5.41) is 4.67. The molecule has 3 aromatic rings. The number of aromatic nitrogens is 3. The van der Waals surface area contributed by atoms with Gasteiger partial charge in [-0.3, -0.25) is 4.79 Å². The minimum atomic E-state index is -0.0408. The second-order valence-corrected chi connectivity index (χ2v) is 8.55. The third-order valence-electron chi connectivity index (χ3n) is 5.65. The van der Waals surface area contributed by atoms with Crippen LogP contribution in [-0.2, 0) is 9.53 Å². The SMILES string of the molecule is O=C(Nc1nc(-c2ccco2)c(N2CCOCC2)s1)C1CCN(c2ccncn2)CC1. The van der Waals surface area contributed by atoms with Crippen LogP contribution < -0.4 is 15.1 Å². The second kappa shape index (κ2) is 9.03. The maximum Gasteiger partial charge on any atom is 0.229 e. The van der Waals surface area contributed by atoms with E-state index in [0.29, 0.717) is 24.1 Å². The Morgan fingerprint density at radius 3 is 2.68 bits per heavy atom. The van der Waals surface area contributed by atoms with E-state index in [1.165, 1.54) is 11.3 Å². The molecule has 31 heavy (non-hydrogen) atoms. The van der Waals surface area contributed by atoms with Crippen LogP contribution in [0.25, 0.3) is 11.5 Å². The van der Waals surface area contributed by atoms with Crippen LogP contribution in [0.1, 0.15) is 12.8 Å². The van der Waals surface area contributed by atoms with E-state index < -0.39 is 0 Å². The van der Waals surface area contributed by atoms with Crippen LogP contribution in [0.2, 0.25) is 0 Å². The number of hydrogen-bond donors (Lipinski definition) is 1. The molecule has 0 aromatic carbocycles. The number of nitrogens with zero attached hydrogens (tertiary/aromatic N) is 5. The molecular formula is C21H24N6O3S. The van der Waals surface area contributed by atoms with Crippen molar-refractivity contribution >= 4 is 33.2 Å². The molecule has 5 rings (SSSR count). The van der Waals surface area contributed by atoms with Gasteiger partial charge in [0.25, 0.3) is 0 Å². The number of hydrogen-bond acceptors (Lipinski definition) is 9. The number of amides is 1. The van der Waals surface area contributed by atoms with Crippen LogP contribution in [0.15, 0.2) is 41.4 Å². The molecule has 0 saturated carbocycles. The highest BCUT2D eigenvalue weighted by molar-refractivity contribution is 7.20. The van der Waals surface area contributed by atoms with Crippen molar-refractivity contribution in [3.8, 4) is 11.5 Å². The van der Waals surface area contributed by atoms with Gasteiger partial charge in [-0.25, -0.2) is 15.0 Å². The molecule has 2 fully saturated rings. The first-order valence-corrected chi connectivity index (χ1v) is 11.3. The first kappa shape index (κ1) is 20.0. The monoisotopic (exact) mass is 440 g/mol.